The lowest BCUT2D eigenvalue weighted by molar-refractivity contribution is 0.0713. The maximum atomic E-state index is 12.8. The number of carbonyl (C=O) groups excluding carboxylic acids is 1. The van der Waals surface area contributed by atoms with Gasteiger partial charge in [0.15, 0.2) is 0 Å². The molecule has 0 unspecified atom stereocenters. The van der Waals surface area contributed by atoms with Crippen molar-refractivity contribution in [2.24, 2.45) is 0 Å². The maximum absolute atomic E-state index is 12.8. The first kappa shape index (κ1) is 18.3. The molecule has 0 radical (unpaired) electrons. The van der Waals surface area contributed by atoms with E-state index in [2.05, 4.69) is 6.07 Å². The number of hydrogen-bond acceptors (Lipinski definition) is 4. The number of rotatable bonds is 4. The number of nitrogens with two attached hydrogens (primary N) is 1. The summed E-state index contributed by atoms with van der Waals surface area (Å²) in [7, 11) is 0. The molecule has 5 heteroatoms. The third-order valence-corrected chi connectivity index (χ3v) is 5.59. The topological polar surface area (TPSA) is 70.1 Å². The summed E-state index contributed by atoms with van der Waals surface area (Å²) in [6.45, 7) is 1.49. The number of likely N-dealkylation sites (tertiary alicyclic amines) is 1. The van der Waals surface area contributed by atoms with E-state index in [1.54, 1.807) is 17.8 Å². The average Bonchev–Trinajstić information content (AvgIpc) is 2.69. The van der Waals surface area contributed by atoms with E-state index in [9.17, 15) is 4.79 Å². The number of piperidine rings is 1. The summed E-state index contributed by atoms with van der Waals surface area (Å²) in [5.41, 5.74) is 10.5. The zero-order chi connectivity index (χ0) is 18.5. The van der Waals surface area contributed by atoms with Gasteiger partial charge in [-0.05, 0) is 60.4 Å². The number of thioether (sulfide) groups is 1. The highest BCUT2D eigenvalue weighted by molar-refractivity contribution is 7.97. The lowest BCUT2D eigenvalue weighted by Gasteiger charge is -2.32. The Hall–Kier alpha value is -2.45. The minimum Gasteiger partial charge on any atom is -0.398 e. The molecule has 1 fully saturated rings. The molecule has 2 aromatic carbocycles. The summed E-state index contributed by atoms with van der Waals surface area (Å²) in [5.74, 6) is 1.36. The summed E-state index contributed by atoms with van der Waals surface area (Å²) >= 11 is 1.72. The molecule has 0 aliphatic carbocycles. The molecule has 4 nitrogen and oxygen atoms in total. The van der Waals surface area contributed by atoms with Gasteiger partial charge in [0.25, 0.3) is 5.91 Å². The van der Waals surface area contributed by atoms with Crippen molar-refractivity contribution in [3.05, 3.63) is 64.7 Å². The van der Waals surface area contributed by atoms with Crippen LogP contribution in [-0.4, -0.2) is 30.2 Å². The first-order valence-electron chi connectivity index (χ1n) is 8.79. The van der Waals surface area contributed by atoms with Crippen LogP contribution in [0.2, 0.25) is 0 Å². The van der Waals surface area contributed by atoms with E-state index in [-0.39, 0.29) is 5.91 Å². The lowest BCUT2D eigenvalue weighted by atomic mass is 9.89. The first-order chi connectivity index (χ1) is 12.6. The summed E-state index contributed by atoms with van der Waals surface area (Å²) in [6.07, 6.45) is 3.92. The van der Waals surface area contributed by atoms with Crippen molar-refractivity contribution < 1.29 is 4.79 Å². The fourth-order valence-corrected chi connectivity index (χ4v) is 4.02. The Balaban J connectivity index is 1.63. The van der Waals surface area contributed by atoms with Crippen molar-refractivity contribution in [1.29, 1.82) is 5.26 Å². The van der Waals surface area contributed by atoms with Crippen molar-refractivity contribution in [3.8, 4) is 6.07 Å². The van der Waals surface area contributed by atoms with E-state index in [0.29, 0.717) is 22.7 Å². The van der Waals surface area contributed by atoms with Crippen LogP contribution < -0.4 is 5.73 Å². The Labute approximate surface area is 159 Å². The molecule has 0 aromatic heterocycles. The molecule has 1 heterocycles. The highest BCUT2D eigenvalue weighted by Gasteiger charge is 2.24. The number of benzene rings is 2. The van der Waals surface area contributed by atoms with Crippen LogP contribution in [0.5, 0.6) is 0 Å². The second-order valence-electron chi connectivity index (χ2n) is 6.65. The quantitative estimate of drug-likeness (QED) is 0.831. The fraction of sp³-hybridized carbons (Fsp3) is 0.333. The van der Waals surface area contributed by atoms with Crippen LogP contribution in [0.1, 0.15) is 45.8 Å². The molecule has 1 amide bonds. The molecule has 2 N–H and O–H groups in total. The number of carbonyl (C=O) groups is 1. The van der Waals surface area contributed by atoms with Crippen LogP contribution in [0, 0.1) is 11.3 Å². The maximum Gasteiger partial charge on any atom is 0.253 e. The Morgan fingerprint density at radius 2 is 1.92 bits per heavy atom. The highest BCUT2D eigenvalue weighted by atomic mass is 32.2. The van der Waals surface area contributed by atoms with Crippen molar-refractivity contribution in [2.45, 2.75) is 24.5 Å². The molecule has 0 atom stereocenters. The molecule has 1 saturated heterocycles. The molecule has 2 aromatic rings. The largest absolute Gasteiger partial charge is 0.398 e. The predicted octanol–water partition coefficient (Wildman–Crippen LogP) is 4.02. The average molecular weight is 366 g/mol. The summed E-state index contributed by atoms with van der Waals surface area (Å²) < 4.78 is 0. The van der Waals surface area contributed by atoms with Gasteiger partial charge in [-0.3, -0.25) is 4.79 Å². The van der Waals surface area contributed by atoms with Gasteiger partial charge in [0, 0.05) is 30.1 Å². The molecular weight excluding hydrogens is 342 g/mol. The molecule has 0 bridgehead atoms. The molecule has 0 saturated carbocycles. The molecule has 1 aliphatic rings. The Morgan fingerprint density at radius 3 is 2.50 bits per heavy atom. The summed E-state index contributed by atoms with van der Waals surface area (Å²) in [5, 5.41) is 8.91. The van der Waals surface area contributed by atoms with Gasteiger partial charge in [0.2, 0.25) is 0 Å². The molecular formula is C21H23N3OS. The van der Waals surface area contributed by atoms with Crippen LogP contribution in [-0.2, 0) is 5.75 Å². The number of hydrogen-bond donors (Lipinski definition) is 1. The first-order valence-corrected chi connectivity index (χ1v) is 10.2. The minimum absolute atomic E-state index is 0.0608. The second-order valence-corrected chi connectivity index (χ2v) is 7.51. The fourth-order valence-electron chi connectivity index (χ4n) is 3.44. The van der Waals surface area contributed by atoms with Crippen molar-refractivity contribution >= 4 is 23.4 Å². The number of nitrogens with zero attached hydrogens (tertiary/aromatic N) is 2. The smallest absolute Gasteiger partial charge is 0.253 e. The van der Waals surface area contributed by atoms with E-state index in [0.717, 1.165) is 37.2 Å². The van der Waals surface area contributed by atoms with Crippen molar-refractivity contribution in [1.82, 2.24) is 4.90 Å². The van der Waals surface area contributed by atoms with E-state index in [1.165, 1.54) is 5.56 Å². The number of nitriles is 1. The van der Waals surface area contributed by atoms with Crippen LogP contribution in [0.25, 0.3) is 0 Å². The van der Waals surface area contributed by atoms with Crippen molar-refractivity contribution in [3.63, 3.8) is 0 Å². The van der Waals surface area contributed by atoms with E-state index < -0.39 is 0 Å². The molecule has 26 heavy (non-hydrogen) atoms. The van der Waals surface area contributed by atoms with Gasteiger partial charge in [0.1, 0.15) is 0 Å². The minimum atomic E-state index is 0.0608. The van der Waals surface area contributed by atoms with Crippen molar-refractivity contribution in [2.75, 3.05) is 25.1 Å². The SMILES string of the molecule is CSCc1ccc(C(=O)N2CCC(c3ccc(C#N)cc3)CC2)cc1N. The molecule has 3 rings (SSSR count). The third-order valence-electron chi connectivity index (χ3n) is 4.99. The van der Waals surface area contributed by atoms with Crippen LogP contribution in [0.15, 0.2) is 42.5 Å². The van der Waals surface area contributed by atoms with E-state index in [4.69, 9.17) is 11.0 Å². The summed E-state index contributed by atoms with van der Waals surface area (Å²) in [6, 6.07) is 15.6. The zero-order valence-corrected chi connectivity index (χ0v) is 15.8. The van der Waals surface area contributed by atoms with Gasteiger partial charge in [-0.15, -0.1) is 0 Å². The van der Waals surface area contributed by atoms with Gasteiger partial charge < -0.3 is 10.6 Å². The van der Waals surface area contributed by atoms with E-state index >= 15 is 0 Å². The highest BCUT2D eigenvalue weighted by Crippen LogP contribution is 2.29. The Morgan fingerprint density at radius 1 is 1.23 bits per heavy atom. The number of amides is 1. The monoisotopic (exact) mass is 365 g/mol. The second kappa shape index (κ2) is 8.29. The normalized spacial score (nSPS) is 14.8. The Kier molecular flexibility index (Phi) is 5.85. The van der Waals surface area contributed by atoms with Gasteiger partial charge in [0.05, 0.1) is 11.6 Å². The lowest BCUT2D eigenvalue weighted by Crippen LogP contribution is -2.38. The number of anilines is 1. The van der Waals surface area contributed by atoms with Gasteiger partial charge in [-0.1, -0.05) is 18.2 Å². The molecule has 0 spiro atoms. The van der Waals surface area contributed by atoms with Crippen LogP contribution in [0.4, 0.5) is 5.69 Å². The summed E-state index contributed by atoms with van der Waals surface area (Å²) in [4.78, 5) is 14.7. The standard InChI is InChI=1S/C21H23N3OS/c1-26-14-19-7-6-18(12-20(19)23)21(25)24-10-8-17(9-11-24)16-4-2-15(13-22)3-5-16/h2-7,12,17H,8-11,14,23H2,1H3. The predicted molar refractivity (Wildman–Crippen MR) is 107 cm³/mol. The number of nitrogen functional groups attached to an aromatic ring is 1. The van der Waals surface area contributed by atoms with Crippen LogP contribution in [0.3, 0.4) is 0 Å². The molecule has 134 valence electrons. The van der Waals surface area contributed by atoms with Gasteiger partial charge in [-0.2, -0.15) is 17.0 Å². The Bertz CT molecular complexity index is 818. The van der Waals surface area contributed by atoms with E-state index in [1.807, 2.05) is 47.6 Å². The van der Waals surface area contributed by atoms with Gasteiger partial charge >= 0.3 is 0 Å². The zero-order valence-electron chi connectivity index (χ0n) is 14.9. The van der Waals surface area contributed by atoms with Gasteiger partial charge in [-0.25, -0.2) is 0 Å². The van der Waals surface area contributed by atoms with Crippen LogP contribution >= 0.6 is 11.8 Å². The third kappa shape index (κ3) is 4.03. The molecule has 1 aliphatic heterocycles.